The number of hydrogen-bond donors (Lipinski definition) is 1. The van der Waals surface area contributed by atoms with Gasteiger partial charge >= 0.3 is 0 Å². The van der Waals surface area contributed by atoms with Crippen molar-refractivity contribution < 1.29 is 4.79 Å². The van der Waals surface area contributed by atoms with Crippen LogP contribution in [0.4, 0.5) is 0 Å². The second-order valence-electron chi connectivity index (χ2n) is 7.96. The van der Waals surface area contributed by atoms with Gasteiger partial charge in [-0.2, -0.15) is 0 Å². The van der Waals surface area contributed by atoms with Gasteiger partial charge in [0.15, 0.2) is 0 Å². The summed E-state index contributed by atoms with van der Waals surface area (Å²) in [6.07, 6.45) is 8.34. The van der Waals surface area contributed by atoms with E-state index in [0.29, 0.717) is 18.4 Å². The first-order valence-corrected chi connectivity index (χ1v) is 9.68. The fourth-order valence-corrected chi connectivity index (χ4v) is 4.36. The quantitative estimate of drug-likeness (QED) is 0.913. The Labute approximate surface area is 146 Å². The lowest BCUT2D eigenvalue weighted by atomic mass is 9.84. The predicted octanol–water partition coefficient (Wildman–Crippen LogP) is 3.73. The number of rotatable bonds is 4. The minimum absolute atomic E-state index is 0.168. The maximum absolute atomic E-state index is 12.4. The standard InChI is InChI=1S/C21H32N2O/c1-16-15-23(2)13-12-20(16)22-21(24)14-17-8-10-19(11-9-17)18-6-4-3-5-7-18/h8-11,16,18,20H,3-7,12-15H2,1-2H3,(H,22,24). The fraction of sp³-hybridized carbons (Fsp3) is 0.667. The third-order valence-electron chi connectivity index (χ3n) is 5.88. The molecule has 3 rings (SSSR count). The minimum Gasteiger partial charge on any atom is -0.353 e. The van der Waals surface area contributed by atoms with E-state index in [4.69, 9.17) is 0 Å². The van der Waals surface area contributed by atoms with E-state index in [1.165, 1.54) is 37.7 Å². The molecule has 2 unspecified atom stereocenters. The van der Waals surface area contributed by atoms with Gasteiger partial charge in [-0.3, -0.25) is 4.79 Å². The maximum atomic E-state index is 12.4. The van der Waals surface area contributed by atoms with Crippen molar-refractivity contribution in [2.75, 3.05) is 20.1 Å². The predicted molar refractivity (Wildman–Crippen MR) is 99.2 cm³/mol. The monoisotopic (exact) mass is 328 g/mol. The Morgan fingerprint density at radius 3 is 2.50 bits per heavy atom. The first-order chi connectivity index (χ1) is 11.6. The van der Waals surface area contributed by atoms with E-state index in [9.17, 15) is 4.79 Å². The summed E-state index contributed by atoms with van der Waals surface area (Å²) in [4.78, 5) is 14.7. The molecular weight excluding hydrogens is 296 g/mol. The number of amides is 1. The molecule has 0 bridgehead atoms. The SMILES string of the molecule is CC1CN(C)CCC1NC(=O)Cc1ccc(C2CCCCC2)cc1. The van der Waals surface area contributed by atoms with E-state index in [2.05, 4.69) is 48.5 Å². The third-order valence-corrected chi connectivity index (χ3v) is 5.88. The summed E-state index contributed by atoms with van der Waals surface area (Å²) in [5.41, 5.74) is 2.59. The minimum atomic E-state index is 0.168. The van der Waals surface area contributed by atoms with E-state index < -0.39 is 0 Å². The molecule has 24 heavy (non-hydrogen) atoms. The van der Waals surface area contributed by atoms with Gasteiger partial charge in [0.05, 0.1) is 6.42 Å². The number of likely N-dealkylation sites (tertiary alicyclic amines) is 1. The number of nitrogens with zero attached hydrogens (tertiary/aromatic N) is 1. The first-order valence-electron chi connectivity index (χ1n) is 9.68. The molecule has 1 heterocycles. The van der Waals surface area contributed by atoms with Gasteiger partial charge in [-0.1, -0.05) is 50.5 Å². The molecule has 1 aliphatic heterocycles. The third kappa shape index (κ3) is 4.60. The highest BCUT2D eigenvalue weighted by atomic mass is 16.1. The molecule has 1 N–H and O–H groups in total. The molecule has 2 atom stereocenters. The molecule has 2 fully saturated rings. The molecule has 0 radical (unpaired) electrons. The van der Waals surface area contributed by atoms with Gasteiger partial charge in [0, 0.05) is 12.6 Å². The van der Waals surface area contributed by atoms with Gasteiger partial charge < -0.3 is 10.2 Å². The largest absolute Gasteiger partial charge is 0.353 e. The summed E-state index contributed by atoms with van der Waals surface area (Å²) in [6, 6.07) is 9.13. The molecule has 1 aromatic carbocycles. The molecular formula is C21H32N2O. The second kappa shape index (κ2) is 8.15. The van der Waals surface area contributed by atoms with Crippen LogP contribution >= 0.6 is 0 Å². The molecule has 1 saturated carbocycles. The van der Waals surface area contributed by atoms with Gasteiger partial charge in [0.25, 0.3) is 0 Å². The van der Waals surface area contributed by atoms with Gasteiger partial charge in [0.2, 0.25) is 5.91 Å². The summed E-state index contributed by atoms with van der Waals surface area (Å²) in [5, 5.41) is 3.25. The molecule has 2 aliphatic rings. The first kappa shape index (κ1) is 17.5. The zero-order valence-electron chi connectivity index (χ0n) is 15.3. The van der Waals surface area contributed by atoms with Crippen LogP contribution in [-0.4, -0.2) is 37.0 Å². The number of nitrogens with one attached hydrogen (secondary N) is 1. The summed E-state index contributed by atoms with van der Waals surface area (Å²) in [6.45, 7) is 4.38. The van der Waals surface area contributed by atoms with Crippen LogP contribution in [-0.2, 0) is 11.2 Å². The number of benzene rings is 1. The van der Waals surface area contributed by atoms with E-state index >= 15 is 0 Å². The van der Waals surface area contributed by atoms with Crippen LogP contribution in [0, 0.1) is 5.92 Å². The Hall–Kier alpha value is -1.35. The van der Waals surface area contributed by atoms with Crippen LogP contribution in [0.3, 0.4) is 0 Å². The van der Waals surface area contributed by atoms with E-state index in [-0.39, 0.29) is 5.91 Å². The second-order valence-corrected chi connectivity index (χ2v) is 7.96. The van der Waals surface area contributed by atoms with Crippen LogP contribution in [0.1, 0.15) is 62.5 Å². The summed E-state index contributed by atoms with van der Waals surface area (Å²) in [5.74, 6) is 1.44. The normalized spacial score (nSPS) is 26.2. The number of carbonyl (C=O) groups excluding carboxylic acids is 1. The Kier molecular flexibility index (Phi) is 5.94. The zero-order valence-corrected chi connectivity index (χ0v) is 15.3. The van der Waals surface area contributed by atoms with Crippen molar-refractivity contribution >= 4 is 5.91 Å². The summed E-state index contributed by atoms with van der Waals surface area (Å²) < 4.78 is 0. The van der Waals surface area contributed by atoms with Crippen LogP contribution < -0.4 is 5.32 Å². The Morgan fingerprint density at radius 2 is 1.83 bits per heavy atom. The van der Waals surface area contributed by atoms with Crippen LogP contribution in [0.5, 0.6) is 0 Å². The van der Waals surface area contributed by atoms with Crippen molar-refractivity contribution in [2.24, 2.45) is 5.92 Å². The molecule has 0 aromatic heterocycles. The summed E-state index contributed by atoms with van der Waals surface area (Å²) >= 11 is 0. The Morgan fingerprint density at radius 1 is 1.12 bits per heavy atom. The number of hydrogen-bond acceptors (Lipinski definition) is 2. The molecule has 1 saturated heterocycles. The van der Waals surface area contributed by atoms with Crippen LogP contribution in [0.25, 0.3) is 0 Å². The molecule has 1 aromatic rings. The van der Waals surface area contributed by atoms with Crippen molar-refractivity contribution in [3.8, 4) is 0 Å². The van der Waals surface area contributed by atoms with E-state index in [1.54, 1.807) is 0 Å². The van der Waals surface area contributed by atoms with Gasteiger partial charge in [-0.15, -0.1) is 0 Å². The lowest BCUT2D eigenvalue weighted by Crippen LogP contribution is -2.49. The van der Waals surface area contributed by atoms with Gasteiger partial charge in [-0.25, -0.2) is 0 Å². The highest BCUT2D eigenvalue weighted by molar-refractivity contribution is 5.78. The molecule has 3 nitrogen and oxygen atoms in total. The molecule has 1 aliphatic carbocycles. The van der Waals surface area contributed by atoms with Crippen molar-refractivity contribution in [1.29, 1.82) is 0 Å². The Bertz CT molecular complexity index is 533. The highest BCUT2D eigenvalue weighted by Crippen LogP contribution is 2.32. The highest BCUT2D eigenvalue weighted by Gasteiger charge is 2.25. The van der Waals surface area contributed by atoms with Crippen LogP contribution in [0.2, 0.25) is 0 Å². The van der Waals surface area contributed by atoms with Crippen molar-refractivity contribution in [2.45, 2.75) is 63.8 Å². The Balaban J connectivity index is 1.51. The molecule has 3 heteroatoms. The van der Waals surface area contributed by atoms with Crippen LogP contribution in [0.15, 0.2) is 24.3 Å². The topological polar surface area (TPSA) is 32.3 Å². The average molecular weight is 329 g/mol. The molecule has 1 amide bonds. The zero-order chi connectivity index (χ0) is 16.9. The molecule has 132 valence electrons. The van der Waals surface area contributed by atoms with E-state index in [1.807, 2.05) is 0 Å². The fourth-order valence-electron chi connectivity index (χ4n) is 4.36. The molecule has 0 spiro atoms. The lowest BCUT2D eigenvalue weighted by molar-refractivity contribution is -0.121. The van der Waals surface area contributed by atoms with Crippen molar-refractivity contribution in [3.63, 3.8) is 0 Å². The number of carbonyl (C=O) groups is 1. The average Bonchev–Trinajstić information content (AvgIpc) is 2.59. The van der Waals surface area contributed by atoms with Crippen molar-refractivity contribution in [1.82, 2.24) is 10.2 Å². The lowest BCUT2D eigenvalue weighted by Gasteiger charge is -2.35. The van der Waals surface area contributed by atoms with E-state index in [0.717, 1.165) is 31.0 Å². The van der Waals surface area contributed by atoms with Gasteiger partial charge in [-0.05, 0) is 55.8 Å². The maximum Gasteiger partial charge on any atom is 0.224 e. The number of piperidine rings is 1. The van der Waals surface area contributed by atoms with Crippen molar-refractivity contribution in [3.05, 3.63) is 35.4 Å². The summed E-state index contributed by atoms with van der Waals surface area (Å²) in [7, 11) is 2.16. The van der Waals surface area contributed by atoms with Gasteiger partial charge in [0.1, 0.15) is 0 Å². The smallest absolute Gasteiger partial charge is 0.224 e.